The summed E-state index contributed by atoms with van der Waals surface area (Å²) in [5, 5.41) is 9.97. The number of thioether (sulfide) groups is 1. The van der Waals surface area contributed by atoms with E-state index >= 15 is 0 Å². The van der Waals surface area contributed by atoms with Gasteiger partial charge in [-0.05, 0) is 0 Å². The Hall–Kier alpha value is -0.660. The molecule has 0 saturated heterocycles. The number of aromatic nitrogens is 2. The normalized spacial score (nSPS) is 14.3. The van der Waals surface area contributed by atoms with E-state index in [9.17, 15) is 0 Å². The lowest BCUT2D eigenvalue weighted by molar-refractivity contribution is 0.690. The monoisotopic (exact) mass is 199 g/mol. The molecule has 0 bridgehead atoms. The Labute approximate surface area is 79.3 Å². The number of imidazole rings is 1. The van der Waals surface area contributed by atoms with Crippen LogP contribution in [0.3, 0.4) is 0 Å². The summed E-state index contributed by atoms with van der Waals surface area (Å²) < 4.78 is 2.02. The molecule has 0 fully saturated rings. The van der Waals surface area contributed by atoms with Crippen LogP contribution in [0.25, 0.3) is 0 Å². The minimum atomic E-state index is 0.354. The fourth-order valence-electron chi connectivity index (χ4n) is 1.25. The maximum absolute atomic E-state index is 8.54. The zero-order chi connectivity index (χ0) is 8.55. The second-order valence-electron chi connectivity index (χ2n) is 2.47. The second-order valence-corrected chi connectivity index (χ2v) is 3.89. The van der Waals surface area contributed by atoms with E-state index in [-0.39, 0.29) is 0 Å². The summed E-state index contributed by atoms with van der Waals surface area (Å²) >= 11 is 7.53. The number of rotatable bonds is 1. The third-order valence-corrected chi connectivity index (χ3v) is 3.04. The SMILES string of the molecule is N#CCc1c(Cl)nc2n1CCS2. The van der Waals surface area contributed by atoms with Crippen molar-refractivity contribution in [1.29, 1.82) is 5.26 Å². The molecule has 2 rings (SSSR count). The first kappa shape index (κ1) is 7.96. The van der Waals surface area contributed by atoms with E-state index in [0.717, 1.165) is 23.1 Å². The van der Waals surface area contributed by atoms with Gasteiger partial charge in [-0.25, -0.2) is 4.98 Å². The molecule has 0 N–H and O–H groups in total. The average Bonchev–Trinajstić information content (AvgIpc) is 2.56. The number of hydrogen-bond donors (Lipinski definition) is 0. The lowest BCUT2D eigenvalue weighted by Gasteiger charge is -1.98. The molecule has 2 heterocycles. The van der Waals surface area contributed by atoms with E-state index in [1.807, 2.05) is 4.57 Å². The Morgan fingerprint density at radius 1 is 1.75 bits per heavy atom. The first-order chi connectivity index (χ1) is 5.83. The topological polar surface area (TPSA) is 41.6 Å². The molecule has 62 valence electrons. The Kier molecular flexibility index (Phi) is 1.99. The van der Waals surface area contributed by atoms with E-state index in [1.54, 1.807) is 11.8 Å². The van der Waals surface area contributed by atoms with Crippen molar-refractivity contribution in [3.63, 3.8) is 0 Å². The van der Waals surface area contributed by atoms with Crippen LogP contribution in [0.5, 0.6) is 0 Å². The van der Waals surface area contributed by atoms with Crippen molar-refractivity contribution in [2.24, 2.45) is 0 Å². The third kappa shape index (κ3) is 1.10. The lowest BCUT2D eigenvalue weighted by atomic mass is 10.3. The molecule has 0 amide bonds. The van der Waals surface area contributed by atoms with Gasteiger partial charge in [0.2, 0.25) is 0 Å². The van der Waals surface area contributed by atoms with Crippen molar-refractivity contribution in [2.75, 3.05) is 5.75 Å². The molecule has 0 spiro atoms. The minimum absolute atomic E-state index is 0.354. The fraction of sp³-hybridized carbons (Fsp3) is 0.429. The van der Waals surface area contributed by atoms with Crippen molar-refractivity contribution in [3.05, 3.63) is 10.8 Å². The highest BCUT2D eigenvalue weighted by atomic mass is 35.5. The Bertz CT molecular complexity index is 352. The summed E-state index contributed by atoms with van der Waals surface area (Å²) in [6.07, 6.45) is 0.354. The van der Waals surface area contributed by atoms with Crippen LogP contribution in [-0.4, -0.2) is 15.3 Å². The maximum Gasteiger partial charge on any atom is 0.169 e. The Morgan fingerprint density at radius 2 is 2.58 bits per heavy atom. The van der Waals surface area contributed by atoms with Crippen LogP contribution in [0.15, 0.2) is 5.16 Å². The molecule has 3 nitrogen and oxygen atoms in total. The summed E-state index contributed by atoms with van der Waals surface area (Å²) in [5.74, 6) is 1.04. The van der Waals surface area contributed by atoms with Gasteiger partial charge in [-0.15, -0.1) is 0 Å². The second kappa shape index (κ2) is 3.00. The molecule has 5 heteroatoms. The Balaban J connectivity index is 2.46. The fourth-order valence-corrected chi connectivity index (χ4v) is 2.52. The molecule has 0 saturated carbocycles. The van der Waals surface area contributed by atoms with Crippen LogP contribution in [0.1, 0.15) is 5.69 Å². The molecule has 1 aromatic heterocycles. The zero-order valence-corrected chi connectivity index (χ0v) is 7.82. The molecule has 0 aromatic carbocycles. The van der Waals surface area contributed by atoms with Gasteiger partial charge in [-0.1, -0.05) is 23.4 Å². The highest BCUT2D eigenvalue weighted by Crippen LogP contribution is 2.30. The summed E-state index contributed by atoms with van der Waals surface area (Å²) in [4.78, 5) is 4.15. The number of fused-ring (bicyclic) bond motifs is 1. The van der Waals surface area contributed by atoms with Crippen molar-refractivity contribution in [1.82, 2.24) is 9.55 Å². The van der Waals surface area contributed by atoms with Crippen LogP contribution in [0, 0.1) is 11.3 Å². The summed E-state index contributed by atoms with van der Waals surface area (Å²) in [6, 6.07) is 2.09. The molecular formula is C7H6ClN3S. The van der Waals surface area contributed by atoms with Gasteiger partial charge in [0, 0.05) is 12.3 Å². The van der Waals surface area contributed by atoms with Gasteiger partial charge in [0.1, 0.15) is 0 Å². The van der Waals surface area contributed by atoms with Crippen molar-refractivity contribution < 1.29 is 0 Å². The van der Waals surface area contributed by atoms with Gasteiger partial charge < -0.3 is 4.57 Å². The van der Waals surface area contributed by atoms with Gasteiger partial charge in [-0.3, -0.25) is 0 Å². The minimum Gasteiger partial charge on any atom is -0.320 e. The van der Waals surface area contributed by atoms with Crippen LogP contribution in [-0.2, 0) is 13.0 Å². The average molecular weight is 200 g/mol. The van der Waals surface area contributed by atoms with E-state index in [4.69, 9.17) is 16.9 Å². The number of halogens is 1. The van der Waals surface area contributed by atoms with Gasteiger partial charge in [0.05, 0.1) is 18.2 Å². The van der Waals surface area contributed by atoms with Gasteiger partial charge >= 0.3 is 0 Å². The molecule has 0 radical (unpaired) electrons. The van der Waals surface area contributed by atoms with Crippen LogP contribution in [0.2, 0.25) is 5.15 Å². The lowest BCUT2D eigenvalue weighted by Crippen LogP contribution is -1.99. The number of nitriles is 1. The quantitative estimate of drug-likeness (QED) is 0.692. The van der Waals surface area contributed by atoms with Crippen molar-refractivity contribution in [3.8, 4) is 6.07 Å². The molecule has 0 aliphatic carbocycles. The smallest absolute Gasteiger partial charge is 0.169 e. The van der Waals surface area contributed by atoms with E-state index in [2.05, 4.69) is 11.1 Å². The predicted molar refractivity (Wildman–Crippen MR) is 47.3 cm³/mol. The molecule has 0 unspecified atom stereocenters. The van der Waals surface area contributed by atoms with E-state index in [0.29, 0.717) is 11.6 Å². The molecule has 1 aliphatic heterocycles. The highest BCUT2D eigenvalue weighted by molar-refractivity contribution is 7.99. The van der Waals surface area contributed by atoms with E-state index < -0.39 is 0 Å². The number of hydrogen-bond acceptors (Lipinski definition) is 3. The highest BCUT2D eigenvalue weighted by Gasteiger charge is 2.19. The van der Waals surface area contributed by atoms with Crippen molar-refractivity contribution >= 4 is 23.4 Å². The summed E-state index contributed by atoms with van der Waals surface area (Å²) in [7, 11) is 0. The standard InChI is InChI=1S/C7H6ClN3S/c8-6-5(1-2-9)11-3-4-12-7(11)10-6/h1,3-4H2. The first-order valence-electron chi connectivity index (χ1n) is 3.57. The van der Waals surface area contributed by atoms with Crippen molar-refractivity contribution in [2.45, 2.75) is 18.1 Å². The molecule has 0 atom stereocenters. The maximum atomic E-state index is 8.54. The predicted octanol–water partition coefficient (Wildman–Crippen LogP) is 1.71. The van der Waals surface area contributed by atoms with E-state index in [1.165, 1.54) is 0 Å². The van der Waals surface area contributed by atoms with Gasteiger partial charge in [-0.2, -0.15) is 5.26 Å². The molecule has 1 aromatic rings. The van der Waals surface area contributed by atoms with Gasteiger partial charge in [0.25, 0.3) is 0 Å². The van der Waals surface area contributed by atoms with Crippen LogP contribution in [0.4, 0.5) is 0 Å². The Morgan fingerprint density at radius 3 is 3.33 bits per heavy atom. The molecule has 12 heavy (non-hydrogen) atoms. The molecular weight excluding hydrogens is 194 g/mol. The van der Waals surface area contributed by atoms with Crippen LogP contribution < -0.4 is 0 Å². The summed E-state index contributed by atoms with van der Waals surface area (Å²) in [5.41, 5.74) is 0.860. The zero-order valence-electron chi connectivity index (χ0n) is 6.25. The van der Waals surface area contributed by atoms with Crippen LogP contribution >= 0.6 is 23.4 Å². The summed E-state index contributed by atoms with van der Waals surface area (Å²) in [6.45, 7) is 0.927. The number of nitrogens with zero attached hydrogens (tertiary/aromatic N) is 3. The van der Waals surface area contributed by atoms with Gasteiger partial charge in [0.15, 0.2) is 10.3 Å². The largest absolute Gasteiger partial charge is 0.320 e. The first-order valence-corrected chi connectivity index (χ1v) is 4.94. The third-order valence-electron chi connectivity index (χ3n) is 1.78. The molecule has 1 aliphatic rings.